The molecule has 0 fully saturated rings. The van der Waals surface area contributed by atoms with Crippen molar-refractivity contribution in [3.8, 4) is 0 Å². The predicted molar refractivity (Wildman–Crippen MR) is 53.9 cm³/mol. The molecule has 0 saturated carbocycles. The summed E-state index contributed by atoms with van der Waals surface area (Å²) in [5.74, 6) is -1.52. The number of carbonyl (C=O) groups is 2. The van der Waals surface area contributed by atoms with Crippen LogP contribution in [-0.4, -0.2) is 35.5 Å². The molecule has 4 nitrogen and oxygen atoms in total. The minimum absolute atomic E-state index is 0.384. The fourth-order valence-corrected chi connectivity index (χ4v) is 1.05. The number of aliphatic carboxylic acids is 1. The van der Waals surface area contributed by atoms with Crippen LogP contribution in [0.5, 0.6) is 0 Å². The zero-order valence-electron chi connectivity index (χ0n) is 9.13. The number of likely N-dealkylation sites (N-methyl/N-ethyl adjacent to an activating group) is 1. The first kappa shape index (κ1) is 12.7. The Bertz CT molecular complexity index is 269. The number of amides is 1. The molecule has 0 bridgehead atoms. The topological polar surface area (TPSA) is 57.6 Å². The molecule has 0 radical (unpaired) electrons. The van der Waals surface area contributed by atoms with E-state index < -0.39 is 17.3 Å². The standard InChI is InChI=1S/C10H17NO3/c1-7(2)6-11(5)8(12)10(3,4)9(13)14/h1,6H2,2-5H3,(H,13,14). The molecule has 0 aromatic heterocycles. The van der Waals surface area contributed by atoms with Gasteiger partial charge in [0.2, 0.25) is 5.91 Å². The monoisotopic (exact) mass is 199 g/mol. The average Bonchev–Trinajstić information content (AvgIpc) is 2.01. The van der Waals surface area contributed by atoms with Gasteiger partial charge >= 0.3 is 5.97 Å². The molecule has 1 N–H and O–H groups in total. The van der Waals surface area contributed by atoms with Crippen molar-refractivity contribution < 1.29 is 14.7 Å². The first-order valence-electron chi connectivity index (χ1n) is 4.33. The van der Waals surface area contributed by atoms with Crippen LogP contribution in [-0.2, 0) is 9.59 Å². The summed E-state index contributed by atoms with van der Waals surface area (Å²) < 4.78 is 0. The third kappa shape index (κ3) is 2.87. The van der Waals surface area contributed by atoms with Crippen LogP contribution in [0.4, 0.5) is 0 Å². The predicted octanol–water partition coefficient (Wildman–Crippen LogP) is 1.13. The van der Waals surface area contributed by atoms with E-state index in [1.807, 2.05) is 0 Å². The van der Waals surface area contributed by atoms with Gasteiger partial charge in [0, 0.05) is 13.6 Å². The highest BCUT2D eigenvalue weighted by molar-refractivity contribution is 6.00. The van der Waals surface area contributed by atoms with Crippen LogP contribution in [0, 0.1) is 5.41 Å². The van der Waals surface area contributed by atoms with Gasteiger partial charge < -0.3 is 10.0 Å². The summed E-state index contributed by atoms with van der Waals surface area (Å²) in [5.41, 5.74) is -0.550. The van der Waals surface area contributed by atoms with Crippen LogP contribution < -0.4 is 0 Å². The number of nitrogens with zero attached hydrogens (tertiary/aromatic N) is 1. The van der Waals surface area contributed by atoms with Crippen LogP contribution >= 0.6 is 0 Å². The molecule has 0 aromatic carbocycles. The highest BCUT2D eigenvalue weighted by Crippen LogP contribution is 2.18. The van der Waals surface area contributed by atoms with Crippen molar-refractivity contribution in [3.05, 3.63) is 12.2 Å². The number of carbonyl (C=O) groups excluding carboxylic acids is 1. The van der Waals surface area contributed by atoms with E-state index in [1.165, 1.54) is 18.7 Å². The molecule has 4 heteroatoms. The molecular weight excluding hydrogens is 182 g/mol. The second-order valence-corrected chi connectivity index (χ2v) is 4.05. The molecule has 0 rings (SSSR count). The smallest absolute Gasteiger partial charge is 0.318 e. The Kier molecular flexibility index (Phi) is 3.86. The maximum atomic E-state index is 11.6. The van der Waals surface area contributed by atoms with Gasteiger partial charge in [0.1, 0.15) is 5.41 Å². The summed E-state index contributed by atoms with van der Waals surface area (Å²) in [6, 6.07) is 0. The molecule has 80 valence electrons. The molecule has 0 aliphatic heterocycles. The van der Waals surface area contributed by atoms with Crippen molar-refractivity contribution in [1.82, 2.24) is 4.90 Å². The highest BCUT2D eigenvalue weighted by Gasteiger charge is 2.37. The lowest BCUT2D eigenvalue weighted by Crippen LogP contribution is -2.43. The normalized spacial score (nSPS) is 10.9. The molecule has 14 heavy (non-hydrogen) atoms. The summed E-state index contributed by atoms with van der Waals surface area (Å²) in [4.78, 5) is 23.8. The van der Waals surface area contributed by atoms with E-state index in [-0.39, 0.29) is 0 Å². The van der Waals surface area contributed by atoms with E-state index in [9.17, 15) is 9.59 Å². The second kappa shape index (κ2) is 4.26. The molecule has 0 atom stereocenters. The van der Waals surface area contributed by atoms with Gasteiger partial charge in [-0.2, -0.15) is 0 Å². The SMILES string of the molecule is C=C(C)CN(C)C(=O)C(C)(C)C(=O)O. The van der Waals surface area contributed by atoms with Gasteiger partial charge in [-0.15, -0.1) is 0 Å². The molecule has 0 aliphatic rings. The Hall–Kier alpha value is -1.32. The number of hydrogen-bond acceptors (Lipinski definition) is 2. The van der Waals surface area contributed by atoms with Gasteiger partial charge in [-0.05, 0) is 20.8 Å². The third-order valence-electron chi connectivity index (χ3n) is 1.92. The van der Waals surface area contributed by atoms with Crippen LogP contribution in [0.3, 0.4) is 0 Å². The molecule has 0 aliphatic carbocycles. The zero-order valence-corrected chi connectivity index (χ0v) is 9.13. The maximum Gasteiger partial charge on any atom is 0.318 e. The van der Waals surface area contributed by atoms with E-state index in [0.717, 1.165) is 5.57 Å². The molecular formula is C10H17NO3. The fraction of sp³-hybridized carbons (Fsp3) is 0.600. The summed E-state index contributed by atoms with van der Waals surface area (Å²) in [5, 5.41) is 8.82. The Balaban J connectivity index is 4.61. The molecule has 1 amide bonds. The Morgan fingerprint density at radius 1 is 1.43 bits per heavy atom. The maximum absolute atomic E-state index is 11.6. The largest absolute Gasteiger partial charge is 0.480 e. The molecule has 0 saturated heterocycles. The van der Waals surface area contributed by atoms with Crippen LogP contribution in [0.25, 0.3) is 0 Å². The molecule has 0 spiro atoms. The zero-order chi connectivity index (χ0) is 11.5. The quantitative estimate of drug-likeness (QED) is 0.545. The van der Waals surface area contributed by atoms with Crippen molar-refractivity contribution in [2.45, 2.75) is 20.8 Å². The Labute approximate surface area is 84.2 Å². The van der Waals surface area contributed by atoms with E-state index in [0.29, 0.717) is 6.54 Å². The fourth-order valence-electron chi connectivity index (χ4n) is 1.05. The van der Waals surface area contributed by atoms with Crippen molar-refractivity contribution in [2.75, 3.05) is 13.6 Å². The average molecular weight is 199 g/mol. The van der Waals surface area contributed by atoms with E-state index in [1.54, 1.807) is 14.0 Å². The van der Waals surface area contributed by atoms with Crippen molar-refractivity contribution >= 4 is 11.9 Å². The number of carboxylic acid groups (broad SMARTS) is 1. The van der Waals surface area contributed by atoms with Gasteiger partial charge in [0.15, 0.2) is 0 Å². The van der Waals surface area contributed by atoms with Crippen molar-refractivity contribution in [1.29, 1.82) is 0 Å². The van der Waals surface area contributed by atoms with E-state index in [2.05, 4.69) is 6.58 Å². The van der Waals surface area contributed by atoms with Crippen LogP contribution in [0.15, 0.2) is 12.2 Å². The van der Waals surface area contributed by atoms with Gasteiger partial charge in [-0.25, -0.2) is 0 Å². The lowest BCUT2D eigenvalue weighted by atomic mass is 9.92. The van der Waals surface area contributed by atoms with Gasteiger partial charge in [0.25, 0.3) is 0 Å². The number of rotatable bonds is 4. The van der Waals surface area contributed by atoms with Gasteiger partial charge in [-0.3, -0.25) is 9.59 Å². The Morgan fingerprint density at radius 3 is 2.14 bits per heavy atom. The summed E-state index contributed by atoms with van der Waals surface area (Å²) in [7, 11) is 1.57. The van der Waals surface area contributed by atoms with Crippen molar-refractivity contribution in [2.24, 2.45) is 5.41 Å². The van der Waals surface area contributed by atoms with Crippen LogP contribution in [0.1, 0.15) is 20.8 Å². The number of hydrogen-bond donors (Lipinski definition) is 1. The first-order chi connectivity index (χ1) is 6.19. The lowest BCUT2D eigenvalue weighted by Gasteiger charge is -2.25. The minimum Gasteiger partial charge on any atom is -0.480 e. The van der Waals surface area contributed by atoms with E-state index in [4.69, 9.17) is 5.11 Å². The lowest BCUT2D eigenvalue weighted by molar-refractivity contribution is -0.157. The summed E-state index contributed by atoms with van der Waals surface area (Å²) in [6.07, 6.45) is 0. The molecule has 0 heterocycles. The summed E-state index contributed by atoms with van der Waals surface area (Å²) >= 11 is 0. The van der Waals surface area contributed by atoms with Crippen molar-refractivity contribution in [3.63, 3.8) is 0 Å². The second-order valence-electron chi connectivity index (χ2n) is 4.05. The Morgan fingerprint density at radius 2 is 1.86 bits per heavy atom. The third-order valence-corrected chi connectivity index (χ3v) is 1.92. The van der Waals surface area contributed by atoms with Crippen LogP contribution in [0.2, 0.25) is 0 Å². The molecule has 0 unspecified atom stereocenters. The molecule has 0 aromatic rings. The highest BCUT2D eigenvalue weighted by atomic mass is 16.4. The number of carboxylic acids is 1. The summed E-state index contributed by atoms with van der Waals surface area (Å²) in [6.45, 7) is 8.63. The van der Waals surface area contributed by atoms with Gasteiger partial charge in [0.05, 0.1) is 0 Å². The minimum atomic E-state index is -1.37. The van der Waals surface area contributed by atoms with E-state index >= 15 is 0 Å². The van der Waals surface area contributed by atoms with Gasteiger partial charge in [-0.1, -0.05) is 12.2 Å². The first-order valence-corrected chi connectivity index (χ1v) is 4.33.